The molecule has 0 saturated heterocycles. The van der Waals surface area contributed by atoms with Gasteiger partial charge in [-0.05, 0) is 52.6 Å². The van der Waals surface area contributed by atoms with E-state index in [1.807, 2.05) is 30.3 Å². The number of halogens is 1. The van der Waals surface area contributed by atoms with Crippen molar-refractivity contribution in [1.82, 2.24) is 0 Å². The minimum absolute atomic E-state index is 0.0765. The van der Waals surface area contributed by atoms with Gasteiger partial charge in [0.15, 0.2) is 0 Å². The summed E-state index contributed by atoms with van der Waals surface area (Å²) in [4.78, 5) is 11.1. The van der Waals surface area contributed by atoms with E-state index in [-0.39, 0.29) is 6.42 Å². The SMILES string of the molecule is NCc1cccc(-c2cc(COc3ccccc3CC(=O)O)cc3sc(Cl)cc23)c1. The molecule has 0 aliphatic rings. The molecule has 0 amide bonds. The van der Waals surface area contributed by atoms with Gasteiger partial charge in [-0.1, -0.05) is 48.0 Å². The summed E-state index contributed by atoms with van der Waals surface area (Å²) in [7, 11) is 0. The number of hydrogen-bond acceptors (Lipinski definition) is 4. The van der Waals surface area contributed by atoms with Crippen LogP contribution in [0.2, 0.25) is 4.34 Å². The number of carboxylic acid groups (broad SMARTS) is 1. The summed E-state index contributed by atoms with van der Waals surface area (Å²) in [6.07, 6.45) is -0.0765. The van der Waals surface area contributed by atoms with Gasteiger partial charge in [0.1, 0.15) is 12.4 Å². The molecular formula is C24H20ClNO3S. The smallest absolute Gasteiger partial charge is 0.307 e. The number of carboxylic acids is 1. The molecular weight excluding hydrogens is 418 g/mol. The molecule has 152 valence electrons. The van der Waals surface area contributed by atoms with Crippen LogP contribution in [-0.2, 0) is 24.4 Å². The van der Waals surface area contributed by atoms with Crippen molar-refractivity contribution in [2.75, 3.05) is 0 Å². The van der Waals surface area contributed by atoms with Crippen LogP contribution >= 0.6 is 22.9 Å². The van der Waals surface area contributed by atoms with Crippen LogP contribution in [0.4, 0.5) is 0 Å². The van der Waals surface area contributed by atoms with Gasteiger partial charge in [0, 0.05) is 22.2 Å². The van der Waals surface area contributed by atoms with Crippen LogP contribution < -0.4 is 10.5 Å². The third-order valence-electron chi connectivity index (χ3n) is 4.85. The van der Waals surface area contributed by atoms with E-state index in [1.165, 1.54) is 11.3 Å². The lowest BCUT2D eigenvalue weighted by Crippen LogP contribution is -2.04. The van der Waals surface area contributed by atoms with Crippen LogP contribution in [0.25, 0.3) is 21.2 Å². The average molecular weight is 438 g/mol. The molecule has 0 fully saturated rings. The van der Waals surface area contributed by atoms with Crippen LogP contribution in [0.5, 0.6) is 5.75 Å². The van der Waals surface area contributed by atoms with Crippen molar-refractivity contribution < 1.29 is 14.6 Å². The lowest BCUT2D eigenvalue weighted by atomic mass is 9.98. The summed E-state index contributed by atoms with van der Waals surface area (Å²) in [5.74, 6) is -0.307. The van der Waals surface area contributed by atoms with Gasteiger partial charge in [-0.15, -0.1) is 11.3 Å². The summed E-state index contributed by atoms with van der Waals surface area (Å²) in [6, 6.07) is 21.5. The van der Waals surface area contributed by atoms with Crippen LogP contribution in [0, 0.1) is 0 Å². The molecule has 30 heavy (non-hydrogen) atoms. The Kier molecular flexibility index (Phi) is 6.04. The highest BCUT2D eigenvalue weighted by atomic mass is 35.5. The Bertz CT molecular complexity index is 1220. The monoisotopic (exact) mass is 437 g/mol. The van der Waals surface area contributed by atoms with E-state index < -0.39 is 5.97 Å². The molecule has 0 saturated carbocycles. The molecule has 4 nitrogen and oxygen atoms in total. The highest BCUT2D eigenvalue weighted by Crippen LogP contribution is 2.38. The van der Waals surface area contributed by atoms with E-state index >= 15 is 0 Å². The first-order valence-electron chi connectivity index (χ1n) is 9.47. The first kappa shape index (κ1) is 20.4. The van der Waals surface area contributed by atoms with E-state index in [1.54, 1.807) is 12.1 Å². The fourth-order valence-electron chi connectivity index (χ4n) is 3.47. The van der Waals surface area contributed by atoms with Gasteiger partial charge < -0.3 is 15.6 Å². The zero-order valence-corrected chi connectivity index (χ0v) is 17.7. The van der Waals surface area contributed by atoms with Gasteiger partial charge in [0.2, 0.25) is 0 Å². The highest BCUT2D eigenvalue weighted by molar-refractivity contribution is 7.22. The van der Waals surface area contributed by atoms with E-state index in [9.17, 15) is 4.79 Å². The Morgan fingerprint density at radius 1 is 1.03 bits per heavy atom. The minimum atomic E-state index is -0.886. The number of nitrogens with two attached hydrogens (primary N) is 1. The Hall–Kier alpha value is -2.86. The zero-order valence-electron chi connectivity index (χ0n) is 16.1. The Morgan fingerprint density at radius 3 is 2.67 bits per heavy atom. The molecule has 0 spiro atoms. The fourth-order valence-corrected chi connectivity index (χ4v) is 4.70. The molecule has 4 aromatic rings. The van der Waals surface area contributed by atoms with E-state index in [0.29, 0.717) is 24.5 Å². The quantitative estimate of drug-likeness (QED) is 0.378. The van der Waals surface area contributed by atoms with Crippen molar-refractivity contribution in [3.8, 4) is 16.9 Å². The number of carbonyl (C=O) groups is 1. The Morgan fingerprint density at radius 2 is 1.87 bits per heavy atom. The molecule has 0 aliphatic carbocycles. The van der Waals surface area contributed by atoms with Gasteiger partial charge >= 0.3 is 5.97 Å². The molecule has 0 bridgehead atoms. The molecule has 1 heterocycles. The molecule has 0 atom stereocenters. The molecule has 4 rings (SSSR count). The maximum absolute atomic E-state index is 11.1. The second-order valence-electron chi connectivity index (χ2n) is 6.98. The summed E-state index contributed by atoms with van der Waals surface area (Å²) < 4.78 is 7.81. The van der Waals surface area contributed by atoms with Crippen molar-refractivity contribution in [3.63, 3.8) is 0 Å². The van der Waals surface area contributed by atoms with Crippen LogP contribution in [0.1, 0.15) is 16.7 Å². The Balaban J connectivity index is 1.70. The van der Waals surface area contributed by atoms with Gasteiger partial charge in [-0.3, -0.25) is 4.79 Å². The summed E-state index contributed by atoms with van der Waals surface area (Å²) in [5.41, 5.74) is 10.7. The van der Waals surface area contributed by atoms with Gasteiger partial charge in [-0.2, -0.15) is 0 Å². The van der Waals surface area contributed by atoms with Crippen molar-refractivity contribution in [1.29, 1.82) is 0 Å². The van der Waals surface area contributed by atoms with Gasteiger partial charge in [0.25, 0.3) is 0 Å². The number of hydrogen-bond donors (Lipinski definition) is 2. The second-order valence-corrected chi connectivity index (χ2v) is 8.69. The van der Waals surface area contributed by atoms with E-state index in [4.69, 9.17) is 27.2 Å². The number of fused-ring (bicyclic) bond motifs is 1. The van der Waals surface area contributed by atoms with E-state index in [2.05, 4.69) is 24.3 Å². The molecule has 3 aromatic carbocycles. The largest absolute Gasteiger partial charge is 0.489 e. The topological polar surface area (TPSA) is 72.5 Å². The molecule has 6 heteroatoms. The average Bonchev–Trinajstić information content (AvgIpc) is 3.12. The van der Waals surface area contributed by atoms with Gasteiger partial charge in [-0.25, -0.2) is 0 Å². The number of ether oxygens (including phenoxy) is 1. The van der Waals surface area contributed by atoms with Crippen LogP contribution in [0.3, 0.4) is 0 Å². The fraction of sp³-hybridized carbons (Fsp3) is 0.125. The number of aliphatic carboxylic acids is 1. The predicted molar refractivity (Wildman–Crippen MR) is 122 cm³/mol. The van der Waals surface area contributed by atoms with Crippen molar-refractivity contribution >= 4 is 39.0 Å². The first-order valence-corrected chi connectivity index (χ1v) is 10.7. The first-order chi connectivity index (χ1) is 14.5. The lowest BCUT2D eigenvalue weighted by molar-refractivity contribution is -0.136. The molecule has 3 N–H and O–H groups in total. The second kappa shape index (κ2) is 8.88. The van der Waals surface area contributed by atoms with Crippen LogP contribution in [-0.4, -0.2) is 11.1 Å². The molecule has 0 unspecified atom stereocenters. The molecule has 1 aromatic heterocycles. The third kappa shape index (κ3) is 4.49. The van der Waals surface area contributed by atoms with Gasteiger partial charge in [0.05, 0.1) is 10.8 Å². The van der Waals surface area contributed by atoms with Crippen molar-refractivity contribution in [2.45, 2.75) is 19.6 Å². The molecule has 0 aliphatic heterocycles. The van der Waals surface area contributed by atoms with Crippen molar-refractivity contribution in [2.24, 2.45) is 5.73 Å². The standard InChI is InChI=1S/C24H20ClNO3S/c25-23-12-20-19(17-6-3-4-15(8-17)13-26)9-16(10-22(20)30-23)14-29-21-7-2-1-5-18(21)11-24(27)28/h1-10,12H,11,13-14,26H2,(H,27,28). The number of thiophene rings is 1. The summed E-state index contributed by atoms with van der Waals surface area (Å²) >= 11 is 7.83. The summed E-state index contributed by atoms with van der Waals surface area (Å²) in [6.45, 7) is 0.802. The van der Waals surface area contributed by atoms with Crippen LogP contribution in [0.15, 0.2) is 66.7 Å². The minimum Gasteiger partial charge on any atom is -0.489 e. The third-order valence-corrected chi connectivity index (χ3v) is 6.06. The number of benzene rings is 3. The molecule has 0 radical (unpaired) electrons. The number of para-hydroxylation sites is 1. The Labute approximate surface area is 183 Å². The maximum Gasteiger partial charge on any atom is 0.307 e. The van der Waals surface area contributed by atoms with E-state index in [0.717, 1.165) is 36.7 Å². The maximum atomic E-state index is 11.1. The summed E-state index contributed by atoms with van der Waals surface area (Å²) in [5, 5.41) is 10.2. The highest BCUT2D eigenvalue weighted by Gasteiger charge is 2.12. The van der Waals surface area contributed by atoms with Crippen molar-refractivity contribution in [3.05, 3.63) is 87.8 Å². The normalized spacial score (nSPS) is 11.0. The number of rotatable bonds is 7. The zero-order chi connectivity index (χ0) is 21.1. The predicted octanol–water partition coefficient (Wildman–Crippen LogP) is 5.89. The lowest BCUT2D eigenvalue weighted by Gasteiger charge is -2.13.